The van der Waals surface area contributed by atoms with Gasteiger partial charge in [-0.2, -0.15) is 18.3 Å². The SMILES string of the molecule is O=Cc1cc(C(F)(F)F)nn1[C@@H]1CCCCO1. The number of rotatable bonds is 2. The molecule has 94 valence electrons. The van der Waals surface area contributed by atoms with E-state index in [-0.39, 0.29) is 5.69 Å². The van der Waals surface area contributed by atoms with Crippen LogP contribution in [0.2, 0.25) is 0 Å². The lowest BCUT2D eigenvalue weighted by Crippen LogP contribution is -2.21. The minimum atomic E-state index is -4.54. The van der Waals surface area contributed by atoms with Gasteiger partial charge in [-0.1, -0.05) is 0 Å². The van der Waals surface area contributed by atoms with Gasteiger partial charge >= 0.3 is 6.18 Å². The van der Waals surface area contributed by atoms with Gasteiger partial charge in [0.2, 0.25) is 0 Å². The van der Waals surface area contributed by atoms with Crippen molar-refractivity contribution in [3.05, 3.63) is 17.5 Å². The van der Waals surface area contributed by atoms with Crippen molar-refractivity contribution in [2.75, 3.05) is 6.61 Å². The van der Waals surface area contributed by atoms with Gasteiger partial charge in [0.15, 0.2) is 18.2 Å². The van der Waals surface area contributed by atoms with Crippen molar-refractivity contribution in [1.29, 1.82) is 0 Å². The van der Waals surface area contributed by atoms with Crippen LogP contribution in [0.1, 0.15) is 41.7 Å². The molecule has 7 heteroatoms. The summed E-state index contributed by atoms with van der Waals surface area (Å²) in [5.74, 6) is 0. The van der Waals surface area contributed by atoms with E-state index in [1.807, 2.05) is 0 Å². The van der Waals surface area contributed by atoms with Crippen molar-refractivity contribution in [1.82, 2.24) is 9.78 Å². The summed E-state index contributed by atoms with van der Waals surface area (Å²) in [7, 11) is 0. The summed E-state index contributed by atoms with van der Waals surface area (Å²) in [6, 6.07) is 0.741. The van der Waals surface area contributed by atoms with E-state index in [4.69, 9.17) is 4.74 Å². The van der Waals surface area contributed by atoms with Gasteiger partial charge in [0, 0.05) is 6.61 Å². The topological polar surface area (TPSA) is 44.1 Å². The number of aldehydes is 1. The molecule has 1 aromatic rings. The fourth-order valence-electron chi connectivity index (χ4n) is 1.78. The van der Waals surface area contributed by atoms with Gasteiger partial charge < -0.3 is 4.74 Å². The highest BCUT2D eigenvalue weighted by molar-refractivity contribution is 5.72. The standard InChI is InChI=1S/C10H11F3N2O2/c11-10(12,13)8-5-7(6-16)15(14-8)9-3-1-2-4-17-9/h5-6,9H,1-4H2/t9-/m0/s1. The molecule has 17 heavy (non-hydrogen) atoms. The lowest BCUT2D eigenvalue weighted by atomic mass is 10.2. The van der Waals surface area contributed by atoms with Crippen molar-refractivity contribution in [3.63, 3.8) is 0 Å². The van der Waals surface area contributed by atoms with Crippen molar-refractivity contribution < 1.29 is 22.7 Å². The quantitative estimate of drug-likeness (QED) is 0.755. The number of carbonyl (C=O) groups excluding carboxylic acids is 1. The number of ether oxygens (including phenoxy) is 1. The van der Waals surface area contributed by atoms with Gasteiger partial charge in [-0.3, -0.25) is 4.79 Å². The Labute approximate surface area is 95.4 Å². The first-order valence-electron chi connectivity index (χ1n) is 5.26. The normalized spacial score (nSPS) is 21.5. The smallest absolute Gasteiger partial charge is 0.356 e. The molecule has 1 aliphatic heterocycles. The molecule has 1 aliphatic rings. The molecule has 4 nitrogen and oxygen atoms in total. The largest absolute Gasteiger partial charge is 0.435 e. The van der Waals surface area contributed by atoms with E-state index in [0.717, 1.165) is 23.6 Å². The molecule has 0 aliphatic carbocycles. The summed E-state index contributed by atoms with van der Waals surface area (Å²) in [5, 5.41) is 3.41. The second kappa shape index (κ2) is 4.48. The molecule has 0 unspecified atom stereocenters. The van der Waals surface area contributed by atoms with Crippen molar-refractivity contribution in [2.24, 2.45) is 0 Å². The average molecular weight is 248 g/mol. The van der Waals surface area contributed by atoms with Crippen LogP contribution in [0.4, 0.5) is 13.2 Å². The molecule has 0 bridgehead atoms. The van der Waals surface area contributed by atoms with Gasteiger partial charge in [-0.25, -0.2) is 4.68 Å². The highest BCUT2D eigenvalue weighted by Crippen LogP contribution is 2.30. The minimum Gasteiger partial charge on any atom is -0.356 e. The molecular weight excluding hydrogens is 237 g/mol. The molecule has 2 rings (SSSR count). The minimum absolute atomic E-state index is 0.107. The number of alkyl halides is 3. The van der Waals surface area contributed by atoms with Crippen molar-refractivity contribution in [2.45, 2.75) is 31.7 Å². The molecule has 0 spiro atoms. The first-order chi connectivity index (χ1) is 8.02. The Morgan fingerprint density at radius 3 is 2.76 bits per heavy atom. The van der Waals surface area contributed by atoms with Crippen LogP contribution in [0, 0.1) is 0 Å². The third kappa shape index (κ3) is 2.49. The Morgan fingerprint density at radius 1 is 1.47 bits per heavy atom. The van der Waals surface area contributed by atoms with Gasteiger partial charge in [0.05, 0.1) is 0 Å². The summed E-state index contributed by atoms with van der Waals surface area (Å²) in [6.45, 7) is 0.476. The van der Waals surface area contributed by atoms with Crippen LogP contribution in [0.5, 0.6) is 0 Å². The second-order valence-electron chi connectivity index (χ2n) is 3.84. The van der Waals surface area contributed by atoms with Gasteiger partial charge in [0.25, 0.3) is 0 Å². The Morgan fingerprint density at radius 2 is 2.24 bits per heavy atom. The predicted molar refractivity (Wildman–Crippen MR) is 51.5 cm³/mol. The monoisotopic (exact) mass is 248 g/mol. The lowest BCUT2D eigenvalue weighted by molar-refractivity contribution is -0.142. The Balaban J connectivity index is 2.32. The molecule has 0 aromatic carbocycles. The van der Waals surface area contributed by atoms with Crippen LogP contribution in [-0.4, -0.2) is 22.7 Å². The van der Waals surface area contributed by atoms with E-state index in [1.54, 1.807) is 0 Å². The number of carbonyl (C=O) groups is 1. The number of aromatic nitrogens is 2. The summed E-state index contributed by atoms with van der Waals surface area (Å²) in [5.41, 5.74) is -1.17. The third-order valence-electron chi connectivity index (χ3n) is 2.60. The van der Waals surface area contributed by atoms with Crippen LogP contribution in [0.25, 0.3) is 0 Å². The fourth-order valence-corrected chi connectivity index (χ4v) is 1.78. The number of hydrogen-bond acceptors (Lipinski definition) is 3. The lowest BCUT2D eigenvalue weighted by Gasteiger charge is -2.23. The molecule has 1 aromatic heterocycles. The van der Waals surface area contributed by atoms with E-state index in [1.165, 1.54) is 0 Å². The first-order valence-corrected chi connectivity index (χ1v) is 5.26. The van der Waals surface area contributed by atoms with Crippen LogP contribution < -0.4 is 0 Å². The van der Waals surface area contributed by atoms with Gasteiger partial charge in [-0.15, -0.1) is 0 Å². The fraction of sp³-hybridized carbons (Fsp3) is 0.600. The Hall–Kier alpha value is -1.37. The van der Waals surface area contributed by atoms with E-state index >= 15 is 0 Å². The Kier molecular flexibility index (Phi) is 3.19. The van der Waals surface area contributed by atoms with E-state index in [2.05, 4.69) is 5.10 Å². The van der Waals surface area contributed by atoms with Gasteiger partial charge in [0.1, 0.15) is 5.69 Å². The van der Waals surface area contributed by atoms with Gasteiger partial charge in [-0.05, 0) is 25.3 Å². The molecule has 2 heterocycles. The zero-order valence-corrected chi connectivity index (χ0v) is 8.91. The first kappa shape index (κ1) is 12.1. The molecule has 0 saturated carbocycles. The van der Waals surface area contributed by atoms with Crippen molar-refractivity contribution >= 4 is 6.29 Å². The summed E-state index contributed by atoms with van der Waals surface area (Å²) >= 11 is 0. The maximum absolute atomic E-state index is 12.5. The van der Waals surface area contributed by atoms with Crippen molar-refractivity contribution in [3.8, 4) is 0 Å². The maximum atomic E-state index is 12.5. The molecule has 1 saturated heterocycles. The molecular formula is C10H11F3N2O2. The van der Waals surface area contributed by atoms with Crippen LogP contribution >= 0.6 is 0 Å². The number of halogens is 3. The molecule has 1 fully saturated rings. The highest BCUT2D eigenvalue weighted by atomic mass is 19.4. The van der Waals surface area contributed by atoms with E-state index < -0.39 is 18.1 Å². The predicted octanol–water partition coefficient (Wildman–Crippen LogP) is 2.41. The van der Waals surface area contributed by atoms with E-state index in [0.29, 0.717) is 19.3 Å². The molecule has 0 amide bonds. The van der Waals surface area contributed by atoms with Crippen LogP contribution in [-0.2, 0) is 10.9 Å². The van der Waals surface area contributed by atoms with Crippen LogP contribution in [0.3, 0.4) is 0 Å². The zero-order valence-electron chi connectivity index (χ0n) is 8.91. The maximum Gasteiger partial charge on any atom is 0.435 e. The molecule has 0 N–H and O–H groups in total. The average Bonchev–Trinajstić information content (AvgIpc) is 2.73. The second-order valence-corrected chi connectivity index (χ2v) is 3.84. The number of hydrogen-bond donors (Lipinski definition) is 0. The summed E-state index contributed by atoms with van der Waals surface area (Å²) < 4.78 is 43.7. The molecule has 0 radical (unpaired) electrons. The van der Waals surface area contributed by atoms with E-state index in [9.17, 15) is 18.0 Å². The third-order valence-corrected chi connectivity index (χ3v) is 2.60. The van der Waals surface area contributed by atoms with Crippen LogP contribution in [0.15, 0.2) is 6.07 Å². The zero-order chi connectivity index (χ0) is 12.5. The molecule has 1 atom stereocenters. The number of nitrogens with zero attached hydrogens (tertiary/aromatic N) is 2. The Bertz CT molecular complexity index is 408. The highest BCUT2D eigenvalue weighted by Gasteiger charge is 2.36. The summed E-state index contributed by atoms with van der Waals surface area (Å²) in [6.07, 6.45) is -2.46. The summed E-state index contributed by atoms with van der Waals surface area (Å²) in [4.78, 5) is 10.7.